The Labute approximate surface area is 167 Å². The van der Waals surface area contributed by atoms with E-state index >= 15 is 4.39 Å². The Bertz CT molecular complexity index is 1110. The predicted octanol–water partition coefficient (Wildman–Crippen LogP) is 4.75. The van der Waals surface area contributed by atoms with Gasteiger partial charge < -0.3 is 9.72 Å². The normalized spacial score (nSPS) is 14.9. The molecule has 0 amide bonds. The van der Waals surface area contributed by atoms with Crippen molar-refractivity contribution in [3.63, 3.8) is 0 Å². The quantitative estimate of drug-likeness (QED) is 0.511. The van der Waals surface area contributed by atoms with Crippen LogP contribution in [0.1, 0.15) is 25.7 Å². The number of ether oxygens (including phenoxy) is 1. The molecule has 1 N–H and O–H groups in total. The third kappa shape index (κ3) is 3.55. The van der Waals surface area contributed by atoms with Crippen LogP contribution in [0.3, 0.4) is 0 Å². The summed E-state index contributed by atoms with van der Waals surface area (Å²) in [6, 6.07) is 13.0. The molecule has 0 aliphatic heterocycles. The Morgan fingerprint density at radius 1 is 1.03 bits per heavy atom. The van der Waals surface area contributed by atoms with Crippen LogP contribution in [0.15, 0.2) is 48.7 Å². The number of nitrogens with zero attached hydrogens (tertiary/aromatic N) is 4. The summed E-state index contributed by atoms with van der Waals surface area (Å²) in [5.74, 6) is -0.323. The highest BCUT2D eigenvalue weighted by atomic mass is 19.1. The second kappa shape index (κ2) is 7.58. The van der Waals surface area contributed by atoms with Crippen molar-refractivity contribution >= 4 is 11.0 Å². The number of benzene rings is 1. The van der Waals surface area contributed by atoms with Crippen molar-refractivity contribution in [1.82, 2.24) is 24.9 Å². The number of rotatable bonds is 4. The lowest BCUT2D eigenvalue weighted by Crippen LogP contribution is -2.21. The summed E-state index contributed by atoms with van der Waals surface area (Å²) in [4.78, 5) is 20.6. The van der Waals surface area contributed by atoms with Gasteiger partial charge in [0, 0.05) is 6.20 Å². The lowest BCUT2D eigenvalue weighted by Gasteiger charge is -2.22. The minimum Gasteiger partial charge on any atom is -0.460 e. The van der Waals surface area contributed by atoms with E-state index in [4.69, 9.17) is 4.74 Å². The van der Waals surface area contributed by atoms with Crippen LogP contribution in [0.4, 0.5) is 4.39 Å². The molecule has 1 aromatic carbocycles. The summed E-state index contributed by atoms with van der Waals surface area (Å²) in [5, 5.41) is 0. The molecule has 145 valence electrons. The first kappa shape index (κ1) is 17.7. The maximum Gasteiger partial charge on any atom is 0.320 e. The minimum absolute atomic E-state index is 0.0308. The first-order chi connectivity index (χ1) is 14.3. The molecule has 1 radical (unpaired) electrons. The Morgan fingerprint density at radius 3 is 2.72 bits per heavy atom. The standard InChI is InChI=1S/C22H19FN5O/c23-20-18(21-25-15-10-4-5-11-16(15)26-21)19(17-12-6-7-13-24-17)27-22(28-20)29-14-8-2-1-3-9-14/h2,4-7,10-14H,1,3,8-9H2,(H,25,26). The monoisotopic (exact) mass is 388 g/mol. The molecule has 6 nitrogen and oxygen atoms in total. The lowest BCUT2D eigenvalue weighted by molar-refractivity contribution is 0.157. The number of para-hydroxylation sites is 2. The van der Waals surface area contributed by atoms with Crippen LogP contribution in [0.25, 0.3) is 33.8 Å². The van der Waals surface area contributed by atoms with Crippen LogP contribution >= 0.6 is 0 Å². The van der Waals surface area contributed by atoms with Crippen LogP contribution in [0.2, 0.25) is 0 Å². The number of hydrogen-bond acceptors (Lipinski definition) is 5. The van der Waals surface area contributed by atoms with E-state index in [-0.39, 0.29) is 17.7 Å². The van der Waals surface area contributed by atoms with Crippen molar-refractivity contribution in [3.8, 4) is 28.8 Å². The van der Waals surface area contributed by atoms with Crippen LogP contribution in [-0.2, 0) is 0 Å². The number of H-pyrrole nitrogens is 1. The largest absolute Gasteiger partial charge is 0.460 e. The molecule has 5 rings (SSSR count). The first-order valence-corrected chi connectivity index (χ1v) is 9.70. The number of aromatic nitrogens is 5. The van der Waals surface area contributed by atoms with Crippen LogP contribution in [0, 0.1) is 12.4 Å². The van der Waals surface area contributed by atoms with Gasteiger partial charge in [-0.15, -0.1) is 0 Å². The molecule has 4 aromatic rings. The number of nitrogens with one attached hydrogen (secondary N) is 1. The maximum atomic E-state index is 15.2. The zero-order chi connectivity index (χ0) is 19.6. The van der Waals surface area contributed by atoms with Gasteiger partial charge in [-0.05, 0) is 56.4 Å². The highest BCUT2D eigenvalue weighted by Crippen LogP contribution is 2.33. The average molecular weight is 388 g/mol. The van der Waals surface area contributed by atoms with E-state index in [0.29, 0.717) is 17.2 Å². The number of hydrogen-bond donors (Lipinski definition) is 1. The molecule has 29 heavy (non-hydrogen) atoms. The molecule has 1 atom stereocenters. The highest BCUT2D eigenvalue weighted by Gasteiger charge is 2.24. The Kier molecular flexibility index (Phi) is 4.63. The third-order valence-electron chi connectivity index (χ3n) is 5.01. The Hall–Kier alpha value is -3.35. The fourth-order valence-corrected chi connectivity index (χ4v) is 3.60. The summed E-state index contributed by atoms with van der Waals surface area (Å²) in [7, 11) is 0. The van der Waals surface area contributed by atoms with Gasteiger partial charge in [0.05, 0.1) is 16.7 Å². The van der Waals surface area contributed by atoms with Gasteiger partial charge >= 0.3 is 6.01 Å². The van der Waals surface area contributed by atoms with Crippen molar-refractivity contribution < 1.29 is 9.13 Å². The number of pyridine rings is 1. The zero-order valence-corrected chi connectivity index (χ0v) is 15.7. The molecular weight excluding hydrogens is 369 g/mol. The molecule has 1 aliphatic rings. The van der Waals surface area contributed by atoms with E-state index < -0.39 is 5.95 Å². The van der Waals surface area contributed by atoms with Gasteiger partial charge in [-0.2, -0.15) is 14.4 Å². The molecule has 3 heterocycles. The van der Waals surface area contributed by atoms with Crippen molar-refractivity contribution in [3.05, 3.63) is 61.0 Å². The average Bonchev–Trinajstić information content (AvgIpc) is 3.18. The molecule has 0 spiro atoms. The van der Waals surface area contributed by atoms with Crippen LogP contribution in [0.5, 0.6) is 6.01 Å². The zero-order valence-electron chi connectivity index (χ0n) is 15.7. The second-order valence-corrected chi connectivity index (χ2v) is 7.03. The van der Waals surface area contributed by atoms with Crippen LogP contribution < -0.4 is 4.74 Å². The highest BCUT2D eigenvalue weighted by molar-refractivity contribution is 5.83. The van der Waals surface area contributed by atoms with E-state index in [9.17, 15) is 0 Å². The molecule has 1 aliphatic carbocycles. The fraction of sp³-hybridized carbons (Fsp3) is 0.227. The van der Waals surface area contributed by atoms with Crippen molar-refractivity contribution in [2.24, 2.45) is 0 Å². The molecule has 7 heteroatoms. The molecule has 3 aromatic heterocycles. The summed E-state index contributed by atoms with van der Waals surface area (Å²) in [6.45, 7) is 0. The number of imidazole rings is 1. The Morgan fingerprint density at radius 2 is 1.93 bits per heavy atom. The molecule has 0 bridgehead atoms. The molecule has 1 saturated carbocycles. The van der Waals surface area contributed by atoms with Gasteiger partial charge in [0.15, 0.2) is 0 Å². The predicted molar refractivity (Wildman–Crippen MR) is 107 cm³/mol. The molecule has 0 saturated heterocycles. The summed E-state index contributed by atoms with van der Waals surface area (Å²) < 4.78 is 21.1. The summed E-state index contributed by atoms with van der Waals surface area (Å²) >= 11 is 0. The fourth-order valence-electron chi connectivity index (χ4n) is 3.60. The van der Waals surface area contributed by atoms with Gasteiger partial charge in [-0.25, -0.2) is 4.98 Å². The molecular formula is C22H19FN5O. The van der Waals surface area contributed by atoms with E-state index in [0.717, 1.165) is 36.7 Å². The van der Waals surface area contributed by atoms with Crippen LogP contribution in [-0.4, -0.2) is 31.0 Å². The van der Waals surface area contributed by atoms with Gasteiger partial charge in [0.1, 0.15) is 23.2 Å². The van der Waals surface area contributed by atoms with Gasteiger partial charge in [0.25, 0.3) is 0 Å². The minimum atomic E-state index is -0.686. The van der Waals surface area contributed by atoms with E-state index in [1.54, 1.807) is 18.3 Å². The number of aromatic amines is 1. The summed E-state index contributed by atoms with van der Waals surface area (Å²) in [6.07, 6.45) is 7.66. The second-order valence-electron chi connectivity index (χ2n) is 7.03. The molecule has 1 fully saturated rings. The van der Waals surface area contributed by atoms with E-state index in [1.807, 2.05) is 30.3 Å². The van der Waals surface area contributed by atoms with E-state index in [1.165, 1.54) is 0 Å². The number of fused-ring (bicyclic) bond motifs is 1. The number of halogens is 1. The SMILES string of the molecule is Fc1nc(OC2C[CH]CCC2)nc(-c2ccccn2)c1-c1nc2ccccc2[nH]1. The van der Waals surface area contributed by atoms with Crippen molar-refractivity contribution in [2.45, 2.75) is 31.8 Å². The Balaban J connectivity index is 1.63. The van der Waals surface area contributed by atoms with Gasteiger partial charge in [-0.3, -0.25) is 4.98 Å². The van der Waals surface area contributed by atoms with Gasteiger partial charge in [-0.1, -0.05) is 18.2 Å². The van der Waals surface area contributed by atoms with Crippen molar-refractivity contribution in [2.75, 3.05) is 0 Å². The lowest BCUT2D eigenvalue weighted by atomic mass is 9.98. The van der Waals surface area contributed by atoms with E-state index in [2.05, 4.69) is 31.3 Å². The molecule has 1 unspecified atom stereocenters. The smallest absolute Gasteiger partial charge is 0.320 e. The van der Waals surface area contributed by atoms with Gasteiger partial charge in [0.2, 0.25) is 5.95 Å². The topological polar surface area (TPSA) is 76.6 Å². The maximum absolute atomic E-state index is 15.2. The third-order valence-corrected chi connectivity index (χ3v) is 5.01. The van der Waals surface area contributed by atoms with Crippen molar-refractivity contribution in [1.29, 1.82) is 0 Å². The first-order valence-electron chi connectivity index (χ1n) is 9.70. The summed E-state index contributed by atoms with van der Waals surface area (Å²) in [5.41, 5.74) is 2.62.